The number of fused-ring (bicyclic) bond motifs is 1. The maximum atomic E-state index is 12.1. The summed E-state index contributed by atoms with van der Waals surface area (Å²) in [4.78, 5) is 24.0. The Morgan fingerprint density at radius 3 is 2.52 bits per heavy atom. The Bertz CT molecular complexity index is 788. The Kier molecular flexibility index (Phi) is 4.30. The predicted octanol–water partition coefficient (Wildman–Crippen LogP) is 2.58. The van der Waals surface area contributed by atoms with Crippen LogP contribution < -0.4 is 15.6 Å². The van der Waals surface area contributed by atoms with Gasteiger partial charge in [0.15, 0.2) is 0 Å². The molecule has 2 amide bonds. The third-order valence-corrected chi connectivity index (χ3v) is 3.54. The number of carbonyl (C=O) groups is 2. The summed E-state index contributed by atoms with van der Waals surface area (Å²) in [7, 11) is 0. The average Bonchev–Trinajstić information content (AvgIpc) is 2.59. The standard InChI is InChI=1S/C17H13ClN2O3/c18-14-6-7-15-12(9-14)8-13(10-23-15)17(22)20-19-16(21)11-4-2-1-3-5-11/h1-9H,10H2,(H,19,21)(H,20,22). The lowest BCUT2D eigenvalue weighted by molar-refractivity contribution is -0.118. The Morgan fingerprint density at radius 1 is 1.00 bits per heavy atom. The highest BCUT2D eigenvalue weighted by Gasteiger charge is 2.18. The molecule has 116 valence electrons. The van der Waals surface area contributed by atoms with Crippen molar-refractivity contribution in [2.75, 3.05) is 6.61 Å². The van der Waals surface area contributed by atoms with Gasteiger partial charge in [-0.1, -0.05) is 29.8 Å². The number of carbonyl (C=O) groups excluding carboxylic acids is 2. The summed E-state index contributed by atoms with van der Waals surface area (Å²) in [6.07, 6.45) is 1.69. The topological polar surface area (TPSA) is 67.4 Å². The molecule has 0 aliphatic carbocycles. The van der Waals surface area contributed by atoms with Crippen molar-refractivity contribution in [1.82, 2.24) is 10.9 Å². The van der Waals surface area contributed by atoms with Crippen molar-refractivity contribution in [1.29, 1.82) is 0 Å². The monoisotopic (exact) mass is 328 g/mol. The van der Waals surface area contributed by atoms with Crippen molar-refractivity contribution < 1.29 is 14.3 Å². The molecule has 2 aromatic carbocycles. The van der Waals surface area contributed by atoms with Gasteiger partial charge in [-0.15, -0.1) is 0 Å². The van der Waals surface area contributed by atoms with Gasteiger partial charge in [-0.25, -0.2) is 0 Å². The van der Waals surface area contributed by atoms with Crippen LogP contribution >= 0.6 is 11.6 Å². The van der Waals surface area contributed by atoms with E-state index in [0.29, 0.717) is 21.9 Å². The third kappa shape index (κ3) is 3.52. The van der Waals surface area contributed by atoms with Crippen LogP contribution in [0.2, 0.25) is 5.02 Å². The smallest absolute Gasteiger partial charge is 0.269 e. The summed E-state index contributed by atoms with van der Waals surface area (Å²) >= 11 is 5.93. The van der Waals surface area contributed by atoms with E-state index in [4.69, 9.17) is 16.3 Å². The van der Waals surface area contributed by atoms with Crippen LogP contribution in [-0.2, 0) is 4.79 Å². The molecule has 0 bridgehead atoms. The van der Waals surface area contributed by atoms with Gasteiger partial charge in [-0.3, -0.25) is 20.4 Å². The first-order valence-corrected chi connectivity index (χ1v) is 7.30. The maximum Gasteiger partial charge on any atom is 0.269 e. The molecule has 1 heterocycles. The van der Waals surface area contributed by atoms with Crippen LogP contribution in [0.3, 0.4) is 0 Å². The van der Waals surface area contributed by atoms with E-state index in [9.17, 15) is 9.59 Å². The van der Waals surface area contributed by atoms with Crippen LogP contribution in [0.1, 0.15) is 15.9 Å². The summed E-state index contributed by atoms with van der Waals surface area (Å²) < 4.78 is 5.50. The van der Waals surface area contributed by atoms with E-state index < -0.39 is 5.91 Å². The lowest BCUT2D eigenvalue weighted by Crippen LogP contribution is -2.43. The maximum absolute atomic E-state index is 12.1. The molecule has 1 aliphatic rings. The Labute approximate surface area is 137 Å². The molecule has 6 heteroatoms. The molecular weight excluding hydrogens is 316 g/mol. The van der Waals surface area contributed by atoms with Gasteiger partial charge in [0, 0.05) is 16.1 Å². The molecule has 0 unspecified atom stereocenters. The van der Waals surface area contributed by atoms with E-state index in [2.05, 4.69) is 10.9 Å². The number of ether oxygens (including phenoxy) is 1. The van der Waals surface area contributed by atoms with Gasteiger partial charge in [0.2, 0.25) is 0 Å². The molecule has 0 saturated heterocycles. The number of hydrazine groups is 1. The number of hydrogen-bond donors (Lipinski definition) is 2. The van der Waals surface area contributed by atoms with Crippen molar-refractivity contribution in [3.63, 3.8) is 0 Å². The summed E-state index contributed by atoms with van der Waals surface area (Å²) in [5, 5.41) is 0.558. The number of amides is 2. The minimum Gasteiger partial charge on any atom is -0.488 e. The van der Waals surface area contributed by atoms with E-state index in [1.807, 2.05) is 6.07 Å². The summed E-state index contributed by atoms with van der Waals surface area (Å²) in [5.74, 6) is -0.154. The predicted molar refractivity (Wildman–Crippen MR) is 87.0 cm³/mol. The highest BCUT2D eigenvalue weighted by Crippen LogP contribution is 2.28. The fourth-order valence-electron chi connectivity index (χ4n) is 2.14. The minimum atomic E-state index is -0.431. The first kappa shape index (κ1) is 15.1. The lowest BCUT2D eigenvalue weighted by atomic mass is 10.1. The summed E-state index contributed by atoms with van der Waals surface area (Å²) in [6.45, 7) is 0.127. The summed E-state index contributed by atoms with van der Waals surface area (Å²) in [6, 6.07) is 13.8. The second kappa shape index (κ2) is 6.54. The van der Waals surface area contributed by atoms with Crippen LogP contribution in [0.5, 0.6) is 5.75 Å². The van der Waals surface area contributed by atoms with Gasteiger partial charge in [-0.05, 0) is 36.4 Å². The lowest BCUT2D eigenvalue weighted by Gasteiger charge is -2.18. The number of halogens is 1. The Balaban J connectivity index is 1.66. The number of hydrogen-bond acceptors (Lipinski definition) is 3. The van der Waals surface area contributed by atoms with Crippen LogP contribution in [0.25, 0.3) is 6.08 Å². The van der Waals surface area contributed by atoms with Gasteiger partial charge in [0.1, 0.15) is 12.4 Å². The third-order valence-electron chi connectivity index (χ3n) is 3.30. The van der Waals surface area contributed by atoms with Crippen molar-refractivity contribution in [2.45, 2.75) is 0 Å². The van der Waals surface area contributed by atoms with Gasteiger partial charge in [-0.2, -0.15) is 0 Å². The molecule has 2 N–H and O–H groups in total. The van der Waals surface area contributed by atoms with E-state index in [0.717, 1.165) is 5.56 Å². The van der Waals surface area contributed by atoms with Crippen LogP contribution in [0, 0.1) is 0 Å². The molecule has 0 spiro atoms. The van der Waals surface area contributed by atoms with Gasteiger partial charge in [0.05, 0.1) is 5.57 Å². The molecule has 5 nitrogen and oxygen atoms in total. The van der Waals surface area contributed by atoms with Crippen LogP contribution in [0.4, 0.5) is 0 Å². The van der Waals surface area contributed by atoms with Crippen molar-refractivity contribution >= 4 is 29.5 Å². The largest absolute Gasteiger partial charge is 0.488 e. The van der Waals surface area contributed by atoms with Crippen molar-refractivity contribution in [2.24, 2.45) is 0 Å². The Morgan fingerprint density at radius 2 is 1.74 bits per heavy atom. The second-order valence-corrected chi connectivity index (χ2v) is 5.35. The summed E-state index contributed by atoms with van der Waals surface area (Å²) in [5.41, 5.74) is 6.33. The first-order chi connectivity index (χ1) is 11.1. The van der Waals surface area contributed by atoms with Gasteiger partial charge in [0.25, 0.3) is 11.8 Å². The fourth-order valence-corrected chi connectivity index (χ4v) is 2.32. The van der Waals surface area contributed by atoms with E-state index in [-0.39, 0.29) is 12.5 Å². The molecule has 3 rings (SSSR count). The SMILES string of the molecule is O=C(NNC(=O)c1ccccc1)C1=Cc2cc(Cl)ccc2OC1. The Hall–Kier alpha value is -2.79. The highest BCUT2D eigenvalue weighted by molar-refractivity contribution is 6.30. The van der Waals surface area contributed by atoms with Crippen LogP contribution in [0.15, 0.2) is 54.1 Å². The quantitative estimate of drug-likeness (QED) is 0.833. The molecule has 23 heavy (non-hydrogen) atoms. The number of rotatable bonds is 2. The van der Waals surface area contributed by atoms with Crippen molar-refractivity contribution in [3.8, 4) is 5.75 Å². The molecular formula is C17H13ClN2O3. The second-order valence-electron chi connectivity index (χ2n) is 4.91. The normalized spacial score (nSPS) is 12.5. The van der Waals surface area contributed by atoms with E-state index >= 15 is 0 Å². The van der Waals surface area contributed by atoms with E-state index in [1.165, 1.54) is 0 Å². The zero-order chi connectivity index (χ0) is 16.2. The molecule has 0 saturated carbocycles. The molecule has 2 aromatic rings. The van der Waals surface area contributed by atoms with Crippen molar-refractivity contribution in [3.05, 3.63) is 70.3 Å². The minimum absolute atomic E-state index is 0.127. The number of nitrogens with one attached hydrogen (secondary N) is 2. The molecule has 0 fully saturated rings. The molecule has 1 aliphatic heterocycles. The van der Waals surface area contributed by atoms with Crippen LogP contribution in [-0.4, -0.2) is 18.4 Å². The molecule has 0 radical (unpaired) electrons. The first-order valence-electron chi connectivity index (χ1n) is 6.92. The van der Waals surface area contributed by atoms with Gasteiger partial charge >= 0.3 is 0 Å². The van der Waals surface area contributed by atoms with Gasteiger partial charge < -0.3 is 4.74 Å². The molecule has 0 aromatic heterocycles. The highest BCUT2D eigenvalue weighted by atomic mass is 35.5. The number of benzene rings is 2. The zero-order valence-corrected chi connectivity index (χ0v) is 12.8. The van der Waals surface area contributed by atoms with E-state index in [1.54, 1.807) is 48.5 Å². The molecule has 0 atom stereocenters. The average molecular weight is 329 g/mol. The zero-order valence-electron chi connectivity index (χ0n) is 12.0. The fraction of sp³-hybridized carbons (Fsp3) is 0.0588.